The number of fused-ring (bicyclic) bond motifs is 1. The number of rotatable bonds is 4. The average molecular weight is 396 g/mol. The number of thiazole rings is 1. The van der Waals surface area contributed by atoms with Gasteiger partial charge in [0.25, 0.3) is 0 Å². The van der Waals surface area contributed by atoms with Gasteiger partial charge in [0.15, 0.2) is 11.8 Å². The molecule has 4 aromatic rings. The first-order valence-electron chi connectivity index (χ1n) is 9.74. The number of quaternary nitrogens is 1. The van der Waals surface area contributed by atoms with E-state index in [0.717, 1.165) is 18.0 Å². The predicted octanol–water partition coefficient (Wildman–Crippen LogP) is 3.22. The summed E-state index contributed by atoms with van der Waals surface area (Å²) >= 11 is 1.52. The van der Waals surface area contributed by atoms with Crippen molar-refractivity contribution in [3.05, 3.63) is 58.7 Å². The molecule has 1 saturated heterocycles. The second-order valence-electron chi connectivity index (χ2n) is 7.46. The van der Waals surface area contributed by atoms with Gasteiger partial charge in [-0.1, -0.05) is 41.2 Å². The maximum Gasteiger partial charge on any atom is 0.235 e. The molecular formula is C21H23N4O2S+. The standard InChI is InChI=1S/C21H22N4O2S/c1-14-7-9-15(10-8-14)17(24-11-3-2-4-12-24)18-20(26)25-21(28-18)22-19(23-25)16-6-5-13-27-16/h5-10,13,17,26H,2-4,11-12H2,1H3/p+1/t17-/m0/s1. The van der Waals surface area contributed by atoms with Gasteiger partial charge in [0, 0.05) is 5.56 Å². The molecule has 3 aromatic heterocycles. The number of furan rings is 1. The third kappa shape index (κ3) is 3.00. The van der Waals surface area contributed by atoms with Crippen LogP contribution in [0.25, 0.3) is 16.5 Å². The molecule has 1 aliphatic rings. The van der Waals surface area contributed by atoms with Gasteiger partial charge in [-0.05, 0) is 38.3 Å². The van der Waals surface area contributed by atoms with Crippen LogP contribution in [0.1, 0.15) is 41.3 Å². The summed E-state index contributed by atoms with van der Waals surface area (Å²) < 4.78 is 6.94. The minimum absolute atomic E-state index is 0.0986. The largest absolute Gasteiger partial charge is 0.492 e. The molecule has 7 heteroatoms. The number of nitrogens with zero attached hydrogens (tertiary/aromatic N) is 3. The zero-order valence-electron chi connectivity index (χ0n) is 15.8. The van der Waals surface area contributed by atoms with Crippen molar-refractivity contribution in [1.29, 1.82) is 0 Å². The van der Waals surface area contributed by atoms with Gasteiger partial charge >= 0.3 is 0 Å². The number of likely N-dealkylation sites (tertiary alicyclic amines) is 1. The Labute approximate surface area is 167 Å². The number of aryl methyl sites for hydroxylation is 1. The number of aromatic nitrogens is 3. The fourth-order valence-electron chi connectivity index (χ4n) is 4.07. The minimum atomic E-state index is 0.0986. The number of hydrogen-bond donors (Lipinski definition) is 2. The van der Waals surface area contributed by atoms with Crippen LogP contribution in [0.5, 0.6) is 5.88 Å². The third-order valence-corrected chi connectivity index (χ3v) is 6.60. The summed E-state index contributed by atoms with van der Waals surface area (Å²) in [4.78, 5) is 7.70. The molecule has 0 aliphatic carbocycles. The van der Waals surface area contributed by atoms with E-state index in [2.05, 4.69) is 41.3 Å². The lowest BCUT2D eigenvalue weighted by atomic mass is 9.99. The van der Waals surface area contributed by atoms with Crippen molar-refractivity contribution in [2.45, 2.75) is 32.2 Å². The van der Waals surface area contributed by atoms with Crippen LogP contribution >= 0.6 is 11.3 Å². The topological polar surface area (TPSA) is 68.0 Å². The molecular weight excluding hydrogens is 372 g/mol. The van der Waals surface area contributed by atoms with Gasteiger partial charge in [-0.25, -0.2) is 0 Å². The molecule has 0 bridgehead atoms. The zero-order chi connectivity index (χ0) is 19.1. The molecule has 144 valence electrons. The average Bonchev–Trinajstić information content (AvgIpc) is 3.43. The molecule has 1 atom stereocenters. The Hall–Kier alpha value is -2.64. The van der Waals surface area contributed by atoms with Gasteiger partial charge in [-0.3, -0.25) is 0 Å². The molecule has 0 spiro atoms. The number of nitrogens with one attached hydrogen (secondary N) is 1. The van der Waals surface area contributed by atoms with E-state index < -0.39 is 0 Å². The van der Waals surface area contributed by atoms with Crippen molar-refractivity contribution in [3.63, 3.8) is 0 Å². The lowest BCUT2D eigenvalue weighted by Crippen LogP contribution is -3.13. The molecule has 5 rings (SSSR count). The van der Waals surface area contributed by atoms with E-state index in [1.807, 2.05) is 12.1 Å². The molecule has 0 saturated carbocycles. The lowest BCUT2D eigenvalue weighted by molar-refractivity contribution is -0.929. The summed E-state index contributed by atoms with van der Waals surface area (Å²) in [5.41, 5.74) is 2.47. The molecule has 1 aliphatic heterocycles. The maximum atomic E-state index is 11.0. The van der Waals surface area contributed by atoms with Gasteiger partial charge < -0.3 is 14.4 Å². The number of hydrogen-bond acceptors (Lipinski definition) is 5. The summed E-state index contributed by atoms with van der Waals surface area (Å²) in [6, 6.07) is 12.4. The van der Waals surface area contributed by atoms with Crippen LogP contribution in [0.3, 0.4) is 0 Å². The summed E-state index contributed by atoms with van der Waals surface area (Å²) in [6.45, 7) is 4.33. The Kier molecular flexibility index (Phi) is 4.41. The maximum absolute atomic E-state index is 11.0. The Bertz CT molecular complexity index is 1080. The van der Waals surface area contributed by atoms with Crippen LogP contribution < -0.4 is 4.90 Å². The van der Waals surface area contributed by atoms with Gasteiger partial charge in [-0.15, -0.1) is 5.10 Å². The van der Waals surface area contributed by atoms with E-state index in [1.165, 1.54) is 46.6 Å². The second-order valence-corrected chi connectivity index (χ2v) is 8.47. The van der Waals surface area contributed by atoms with E-state index in [0.29, 0.717) is 16.5 Å². The molecule has 0 unspecified atom stereocenters. The van der Waals surface area contributed by atoms with Crippen molar-refractivity contribution in [2.24, 2.45) is 0 Å². The van der Waals surface area contributed by atoms with Crippen molar-refractivity contribution in [3.8, 4) is 17.5 Å². The van der Waals surface area contributed by atoms with E-state index in [4.69, 9.17) is 4.42 Å². The SMILES string of the molecule is Cc1ccc([C@@H](c2sc3nc(-c4ccco4)nn3c2O)[NH+]2CCCCC2)cc1. The van der Waals surface area contributed by atoms with Crippen molar-refractivity contribution < 1.29 is 14.4 Å². The molecule has 1 fully saturated rings. The van der Waals surface area contributed by atoms with E-state index >= 15 is 0 Å². The quantitative estimate of drug-likeness (QED) is 0.557. The normalized spacial score (nSPS) is 16.6. The lowest BCUT2D eigenvalue weighted by Gasteiger charge is -2.31. The van der Waals surface area contributed by atoms with Gasteiger partial charge in [-0.2, -0.15) is 9.50 Å². The monoisotopic (exact) mass is 395 g/mol. The second kappa shape index (κ2) is 7.07. The summed E-state index contributed by atoms with van der Waals surface area (Å²) in [5.74, 6) is 1.29. The van der Waals surface area contributed by atoms with Crippen molar-refractivity contribution in [2.75, 3.05) is 13.1 Å². The molecule has 2 N–H and O–H groups in total. The fraction of sp³-hybridized carbons (Fsp3) is 0.333. The summed E-state index contributed by atoms with van der Waals surface area (Å²) in [6.07, 6.45) is 5.34. The number of piperidine rings is 1. The van der Waals surface area contributed by atoms with Crippen LogP contribution in [0.2, 0.25) is 0 Å². The summed E-state index contributed by atoms with van der Waals surface area (Å²) in [5, 5.41) is 15.5. The van der Waals surface area contributed by atoms with Crippen LogP contribution in [0, 0.1) is 6.92 Å². The Morgan fingerprint density at radius 3 is 2.61 bits per heavy atom. The van der Waals surface area contributed by atoms with E-state index in [9.17, 15) is 5.11 Å². The smallest absolute Gasteiger partial charge is 0.235 e. The minimum Gasteiger partial charge on any atom is -0.492 e. The van der Waals surface area contributed by atoms with Crippen LogP contribution in [-0.2, 0) is 0 Å². The van der Waals surface area contributed by atoms with Crippen LogP contribution in [0.4, 0.5) is 0 Å². The van der Waals surface area contributed by atoms with Crippen LogP contribution in [0.15, 0.2) is 47.1 Å². The highest BCUT2D eigenvalue weighted by molar-refractivity contribution is 7.17. The highest BCUT2D eigenvalue weighted by atomic mass is 32.1. The number of aromatic hydroxyl groups is 1. The first kappa shape index (κ1) is 17.5. The molecule has 1 aromatic carbocycles. The first-order valence-corrected chi connectivity index (χ1v) is 10.6. The molecule has 28 heavy (non-hydrogen) atoms. The highest BCUT2D eigenvalue weighted by Gasteiger charge is 2.33. The Morgan fingerprint density at radius 2 is 1.93 bits per heavy atom. The van der Waals surface area contributed by atoms with Gasteiger partial charge in [0.1, 0.15) is 4.88 Å². The molecule has 6 nitrogen and oxygen atoms in total. The van der Waals surface area contributed by atoms with Crippen LogP contribution in [-0.4, -0.2) is 32.8 Å². The van der Waals surface area contributed by atoms with E-state index in [1.54, 1.807) is 10.8 Å². The molecule has 0 amide bonds. The predicted molar refractivity (Wildman–Crippen MR) is 108 cm³/mol. The summed E-state index contributed by atoms with van der Waals surface area (Å²) in [7, 11) is 0. The third-order valence-electron chi connectivity index (χ3n) is 5.52. The molecule has 4 heterocycles. The van der Waals surface area contributed by atoms with E-state index in [-0.39, 0.29) is 11.9 Å². The molecule has 0 radical (unpaired) electrons. The Morgan fingerprint density at radius 1 is 1.14 bits per heavy atom. The highest BCUT2D eigenvalue weighted by Crippen LogP contribution is 2.36. The van der Waals surface area contributed by atoms with Gasteiger partial charge in [0.2, 0.25) is 16.7 Å². The Balaban J connectivity index is 1.59. The van der Waals surface area contributed by atoms with Crippen molar-refractivity contribution in [1.82, 2.24) is 14.6 Å². The zero-order valence-corrected chi connectivity index (χ0v) is 16.6. The van der Waals surface area contributed by atoms with Crippen molar-refractivity contribution >= 4 is 16.3 Å². The fourth-order valence-corrected chi connectivity index (χ4v) is 5.22. The van der Waals surface area contributed by atoms with Gasteiger partial charge in [0.05, 0.1) is 19.4 Å². The number of benzene rings is 1. The first-order chi connectivity index (χ1) is 13.7.